The van der Waals surface area contributed by atoms with Gasteiger partial charge in [0.15, 0.2) is 0 Å². The molecule has 21 heavy (non-hydrogen) atoms. The molecule has 0 bridgehead atoms. The van der Waals surface area contributed by atoms with Gasteiger partial charge in [0.05, 0.1) is 5.71 Å². The smallest absolute Gasteiger partial charge is 0.226 e. The molecule has 1 aromatic rings. The zero-order valence-electron chi connectivity index (χ0n) is 11.9. The first-order chi connectivity index (χ1) is 10.2. The summed E-state index contributed by atoms with van der Waals surface area (Å²) in [5, 5.41) is 5.09. The third-order valence-corrected chi connectivity index (χ3v) is 4.21. The summed E-state index contributed by atoms with van der Waals surface area (Å²) in [6, 6.07) is 7.68. The highest BCUT2D eigenvalue weighted by molar-refractivity contribution is 6.30. The van der Waals surface area contributed by atoms with E-state index in [9.17, 15) is 0 Å². The molecule has 1 fully saturated rings. The fourth-order valence-corrected chi connectivity index (χ4v) is 2.84. The summed E-state index contributed by atoms with van der Waals surface area (Å²) < 4.78 is 3.34. The van der Waals surface area contributed by atoms with Crippen LogP contribution in [0.4, 0.5) is 0 Å². The summed E-state index contributed by atoms with van der Waals surface area (Å²) in [5.41, 5.74) is 10.2. The van der Waals surface area contributed by atoms with Crippen molar-refractivity contribution >= 4 is 35.0 Å². The molecule has 114 valence electrons. The van der Waals surface area contributed by atoms with Crippen LogP contribution in [0.15, 0.2) is 33.9 Å². The van der Waals surface area contributed by atoms with E-state index in [0.29, 0.717) is 10.9 Å². The van der Waals surface area contributed by atoms with Crippen LogP contribution in [0.2, 0.25) is 5.02 Å². The van der Waals surface area contributed by atoms with Gasteiger partial charge >= 0.3 is 0 Å². The van der Waals surface area contributed by atoms with Crippen molar-refractivity contribution < 1.29 is 0 Å². The molecule has 0 amide bonds. The molecule has 0 spiro atoms. The fraction of sp³-hybridized carbons (Fsp3) is 0.467. The Balaban J connectivity index is 2.14. The lowest BCUT2D eigenvalue weighted by Crippen LogP contribution is -2.28. The molecule has 0 aliphatic heterocycles. The summed E-state index contributed by atoms with van der Waals surface area (Å²) in [7, 11) is 0. The van der Waals surface area contributed by atoms with Crippen LogP contribution >= 0.6 is 23.4 Å². The first kappa shape index (κ1) is 16.1. The van der Waals surface area contributed by atoms with E-state index in [1.54, 1.807) is 0 Å². The molecule has 1 aromatic carbocycles. The van der Waals surface area contributed by atoms with E-state index in [2.05, 4.69) is 15.0 Å². The molecule has 0 heterocycles. The minimum absolute atomic E-state index is 0.0896. The van der Waals surface area contributed by atoms with Crippen molar-refractivity contribution in [1.29, 1.82) is 0 Å². The molecule has 2 rings (SSSR count). The Morgan fingerprint density at radius 1 is 1.19 bits per heavy atom. The maximum atomic E-state index is 5.95. The van der Waals surface area contributed by atoms with Crippen LogP contribution in [0.1, 0.15) is 44.1 Å². The molecule has 1 aliphatic carbocycles. The monoisotopic (exact) mass is 326 g/mol. The number of nitrogens with two attached hydrogens (primary N) is 1. The number of nitrogens with one attached hydrogen (secondary N) is 1. The molecule has 4 nitrogen and oxygen atoms in total. The molecular formula is C15H20Cl2N4. The van der Waals surface area contributed by atoms with Crippen LogP contribution in [0.5, 0.6) is 0 Å². The van der Waals surface area contributed by atoms with E-state index in [1.165, 1.54) is 32.1 Å². The summed E-state index contributed by atoms with van der Waals surface area (Å²) in [6.07, 6.45) is 7.38. The van der Waals surface area contributed by atoms with Gasteiger partial charge in [-0.1, -0.05) is 55.8 Å². The quantitative estimate of drug-likeness (QED) is 0.497. The van der Waals surface area contributed by atoms with Gasteiger partial charge in [0.1, 0.15) is 0 Å². The number of halogens is 2. The van der Waals surface area contributed by atoms with Crippen molar-refractivity contribution in [2.45, 2.75) is 38.5 Å². The third kappa shape index (κ3) is 5.21. The summed E-state index contributed by atoms with van der Waals surface area (Å²) in [5.74, 6) is 0.760. The standard InChI is InChI=1S/C15H20Cl2N4/c16-13-8-6-12(7-9-13)14(20-21-15(18)19-17)10-11-4-2-1-3-5-11/h6-9,11H,1-5,10H2,(H3,18,19,21). The van der Waals surface area contributed by atoms with Gasteiger partial charge in [-0.05, 0) is 30.0 Å². The number of rotatable bonds is 4. The molecule has 0 unspecified atom stereocenters. The van der Waals surface area contributed by atoms with E-state index < -0.39 is 0 Å². The first-order valence-corrected chi connectivity index (χ1v) is 7.93. The van der Waals surface area contributed by atoms with Crippen LogP contribution in [-0.2, 0) is 0 Å². The van der Waals surface area contributed by atoms with Crippen LogP contribution in [0.3, 0.4) is 0 Å². The highest BCUT2D eigenvalue weighted by atomic mass is 35.5. The molecule has 3 N–H and O–H groups in total. The first-order valence-electron chi connectivity index (χ1n) is 7.22. The molecule has 1 aliphatic rings. The second-order valence-corrected chi connectivity index (χ2v) is 5.96. The number of hydrogen-bond donors (Lipinski definition) is 2. The Kier molecular flexibility index (Phi) is 6.33. The lowest BCUT2D eigenvalue weighted by molar-refractivity contribution is 0.368. The van der Waals surface area contributed by atoms with Gasteiger partial charge in [-0.25, -0.2) is 5.43 Å². The van der Waals surface area contributed by atoms with Gasteiger partial charge in [0.2, 0.25) is 5.96 Å². The Bertz CT molecular complexity index is 505. The minimum atomic E-state index is 0.0896. The third-order valence-electron chi connectivity index (χ3n) is 3.78. The number of hydrogen-bond acceptors (Lipinski definition) is 2. The van der Waals surface area contributed by atoms with Crippen molar-refractivity contribution in [2.24, 2.45) is 21.3 Å². The number of benzene rings is 1. The summed E-state index contributed by atoms with van der Waals surface area (Å²) >= 11 is 11.3. The maximum absolute atomic E-state index is 5.95. The lowest BCUT2D eigenvalue weighted by Gasteiger charge is -2.22. The van der Waals surface area contributed by atoms with Gasteiger partial charge < -0.3 is 5.73 Å². The highest BCUT2D eigenvalue weighted by Gasteiger charge is 2.17. The predicted octanol–water partition coefficient (Wildman–Crippen LogP) is 4.07. The molecule has 0 atom stereocenters. The number of hydrazone groups is 1. The van der Waals surface area contributed by atoms with Crippen molar-refractivity contribution in [2.75, 3.05) is 0 Å². The van der Waals surface area contributed by atoms with Crippen LogP contribution < -0.4 is 11.2 Å². The summed E-state index contributed by atoms with van der Waals surface area (Å²) in [6.45, 7) is 0. The van der Waals surface area contributed by atoms with Gasteiger partial charge in [0.25, 0.3) is 0 Å². The SMILES string of the molecule is N/C(=N\Cl)NN=C(CC1CCCCC1)c1ccc(Cl)cc1. The number of nitrogens with zero attached hydrogens (tertiary/aromatic N) is 2. The van der Waals surface area contributed by atoms with Crippen LogP contribution in [0.25, 0.3) is 0 Å². The maximum Gasteiger partial charge on any atom is 0.226 e. The van der Waals surface area contributed by atoms with E-state index in [4.69, 9.17) is 29.1 Å². The predicted molar refractivity (Wildman–Crippen MR) is 89.8 cm³/mol. The van der Waals surface area contributed by atoms with Gasteiger partial charge in [-0.15, -0.1) is 4.51 Å². The van der Waals surface area contributed by atoms with Crippen LogP contribution in [-0.4, -0.2) is 11.7 Å². The summed E-state index contributed by atoms with van der Waals surface area (Å²) in [4.78, 5) is 0. The molecule has 0 aromatic heterocycles. The highest BCUT2D eigenvalue weighted by Crippen LogP contribution is 2.28. The van der Waals surface area contributed by atoms with E-state index in [1.807, 2.05) is 24.3 Å². The topological polar surface area (TPSA) is 62.8 Å². The Morgan fingerprint density at radius 2 is 1.86 bits per heavy atom. The lowest BCUT2D eigenvalue weighted by atomic mass is 9.84. The molecular weight excluding hydrogens is 307 g/mol. The van der Waals surface area contributed by atoms with Crippen molar-refractivity contribution in [3.05, 3.63) is 34.9 Å². The largest absolute Gasteiger partial charge is 0.367 e. The Hall–Kier alpha value is -1.26. The Morgan fingerprint density at radius 3 is 2.48 bits per heavy atom. The van der Waals surface area contributed by atoms with Gasteiger partial charge in [-0.3, -0.25) is 0 Å². The molecule has 0 saturated heterocycles. The van der Waals surface area contributed by atoms with E-state index in [-0.39, 0.29) is 5.96 Å². The molecule has 0 radical (unpaired) electrons. The second kappa shape index (κ2) is 8.25. The van der Waals surface area contributed by atoms with Crippen molar-refractivity contribution in [1.82, 2.24) is 5.43 Å². The molecule has 1 saturated carbocycles. The average Bonchev–Trinajstić information content (AvgIpc) is 2.53. The average molecular weight is 327 g/mol. The second-order valence-electron chi connectivity index (χ2n) is 5.36. The van der Waals surface area contributed by atoms with Crippen LogP contribution in [0, 0.1) is 5.92 Å². The zero-order valence-corrected chi connectivity index (χ0v) is 13.4. The van der Waals surface area contributed by atoms with E-state index >= 15 is 0 Å². The minimum Gasteiger partial charge on any atom is -0.367 e. The van der Waals surface area contributed by atoms with Crippen molar-refractivity contribution in [3.63, 3.8) is 0 Å². The number of guanidine groups is 1. The normalized spacial score (nSPS) is 17.8. The zero-order chi connectivity index (χ0) is 15.1. The van der Waals surface area contributed by atoms with E-state index in [0.717, 1.165) is 17.7 Å². The fourth-order valence-electron chi connectivity index (χ4n) is 2.68. The molecule has 6 heteroatoms. The Labute approximate surface area is 135 Å². The van der Waals surface area contributed by atoms with Crippen molar-refractivity contribution in [3.8, 4) is 0 Å². The van der Waals surface area contributed by atoms with Gasteiger partial charge in [0, 0.05) is 16.8 Å². The van der Waals surface area contributed by atoms with Gasteiger partial charge in [-0.2, -0.15) is 5.10 Å².